The van der Waals surface area contributed by atoms with Gasteiger partial charge in [0.15, 0.2) is 0 Å². The van der Waals surface area contributed by atoms with Crippen molar-refractivity contribution in [3.8, 4) is 11.4 Å². The summed E-state index contributed by atoms with van der Waals surface area (Å²) in [5.41, 5.74) is 2.66. The van der Waals surface area contributed by atoms with Crippen molar-refractivity contribution in [1.29, 1.82) is 0 Å². The highest BCUT2D eigenvalue weighted by Gasteiger charge is 2.08. The van der Waals surface area contributed by atoms with E-state index in [0.717, 1.165) is 35.2 Å². The Hall–Kier alpha value is -1.37. The molecule has 0 fully saturated rings. The molecular formula is C12H16N4OS. The number of nitrogens with zero attached hydrogens (tertiary/aromatic N) is 3. The van der Waals surface area contributed by atoms with Crippen molar-refractivity contribution < 1.29 is 4.74 Å². The van der Waals surface area contributed by atoms with Crippen LogP contribution >= 0.6 is 11.3 Å². The molecule has 6 heteroatoms. The molecule has 0 saturated heterocycles. The molecule has 0 saturated carbocycles. The monoisotopic (exact) mass is 264 g/mol. The maximum Gasteiger partial charge on any atom is 0.111 e. The average molecular weight is 264 g/mol. The summed E-state index contributed by atoms with van der Waals surface area (Å²) in [4.78, 5) is 13.1. The molecule has 2 aromatic heterocycles. The van der Waals surface area contributed by atoms with E-state index >= 15 is 0 Å². The molecule has 1 N–H and O–H groups in total. The van der Waals surface area contributed by atoms with Gasteiger partial charge in [-0.05, 0) is 6.92 Å². The van der Waals surface area contributed by atoms with Crippen molar-refractivity contribution in [3.05, 3.63) is 28.5 Å². The Bertz CT molecular complexity index is 500. The van der Waals surface area contributed by atoms with Crippen LogP contribution in [0.1, 0.15) is 10.7 Å². The predicted octanol–water partition coefficient (Wildman–Crippen LogP) is 1.64. The zero-order valence-electron chi connectivity index (χ0n) is 10.5. The fraction of sp³-hybridized carbons (Fsp3) is 0.417. The van der Waals surface area contributed by atoms with Gasteiger partial charge in [-0.15, -0.1) is 11.3 Å². The first-order chi connectivity index (χ1) is 8.81. The zero-order chi connectivity index (χ0) is 12.8. The largest absolute Gasteiger partial charge is 0.383 e. The number of aryl methyl sites for hydroxylation is 1. The number of nitrogens with one attached hydrogen (secondary N) is 1. The predicted molar refractivity (Wildman–Crippen MR) is 71.5 cm³/mol. The van der Waals surface area contributed by atoms with Crippen LogP contribution in [-0.4, -0.2) is 35.2 Å². The van der Waals surface area contributed by atoms with Crippen LogP contribution in [0.25, 0.3) is 11.4 Å². The minimum atomic E-state index is 0.710. The Balaban J connectivity index is 2.00. The summed E-state index contributed by atoms with van der Waals surface area (Å²) in [6, 6.07) is 0. The number of rotatable bonds is 6. The molecule has 5 nitrogen and oxygen atoms in total. The lowest BCUT2D eigenvalue weighted by Crippen LogP contribution is -2.18. The van der Waals surface area contributed by atoms with Gasteiger partial charge in [-0.25, -0.2) is 4.98 Å². The minimum Gasteiger partial charge on any atom is -0.383 e. The van der Waals surface area contributed by atoms with Crippen molar-refractivity contribution in [2.45, 2.75) is 13.5 Å². The second-order valence-electron chi connectivity index (χ2n) is 3.79. The summed E-state index contributed by atoms with van der Waals surface area (Å²) >= 11 is 1.63. The van der Waals surface area contributed by atoms with Gasteiger partial charge in [0.25, 0.3) is 0 Å². The molecule has 2 aromatic rings. The van der Waals surface area contributed by atoms with E-state index in [1.165, 1.54) is 0 Å². The highest BCUT2D eigenvalue weighted by atomic mass is 32.1. The third kappa shape index (κ3) is 3.32. The first-order valence-electron chi connectivity index (χ1n) is 5.73. The van der Waals surface area contributed by atoms with Crippen LogP contribution in [0, 0.1) is 6.92 Å². The third-order valence-corrected chi connectivity index (χ3v) is 3.28. The van der Waals surface area contributed by atoms with E-state index in [9.17, 15) is 0 Å². The van der Waals surface area contributed by atoms with Gasteiger partial charge in [0.05, 0.1) is 12.3 Å². The SMILES string of the molecule is COCCNCc1nc(-c2nccnc2C)cs1. The molecule has 0 amide bonds. The molecular weight excluding hydrogens is 248 g/mol. The molecule has 0 atom stereocenters. The minimum absolute atomic E-state index is 0.710. The molecule has 2 heterocycles. The molecule has 0 bridgehead atoms. The number of methoxy groups -OCH3 is 1. The fourth-order valence-electron chi connectivity index (χ4n) is 1.53. The second-order valence-corrected chi connectivity index (χ2v) is 4.73. The molecule has 0 unspecified atom stereocenters. The maximum absolute atomic E-state index is 4.97. The highest BCUT2D eigenvalue weighted by molar-refractivity contribution is 7.09. The number of aromatic nitrogens is 3. The van der Waals surface area contributed by atoms with Gasteiger partial charge in [0.2, 0.25) is 0 Å². The van der Waals surface area contributed by atoms with Crippen molar-refractivity contribution in [3.63, 3.8) is 0 Å². The zero-order valence-corrected chi connectivity index (χ0v) is 11.3. The molecule has 0 aromatic carbocycles. The second kappa shape index (κ2) is 6.53. The van der Waals surface area contributed by atoms with E-state index in [1.54, 1.807) is 30.8 Å². The molecule has 0 aliphatic carbocycles. The Labute approximate surface area is 110 Å². The topological polar surface area (TPSA) is 59.9 Å². The molecule has 2 rings (SSSR count). The first kappa shape index (κ1) is 13.1. The Kier molecular flexibility index (Phi) is 4.74. The lowest BCUT2D eigenvalue weighted by atomic mass is 10.3. The van der Waals surface area contributed by atoms with Crippen LogP contribution in [0.3, 0.4) is 0 Å². The van der Waals surface area contributed by atoms with Gasteiger partial charge in [-0.1, -0.05) is 0 Å². The molecule has 0 radical (unpaired) electrons. The van der Waals surface area contributed by atoms with Crippen molar-refractivity contribution in [1.82, 2.24) is 20.3 Å². The Morgan fingerprint density at radius 2 is 2.17 bits per heavy atom. The van der Waals surface area contributed by atoms with Crippen molar-refractivity contribution in [2.24, 2.45) is 0 Å². The van der Waals surface area contributed by atoms with Gasteiger partial charge in [0.1, 0.15) is 16.4 Å². The van der Waals surface area contributed by atoms with Crippen LogP contribution in [0.2, 0.25) is 0 Å². The van der Waals surface area contributed by atoms with Crippen LogP contribution in [0.15, 0.2) is 17.8 Å². The molecule has 0 aliphatic rings. The van der Waals surface area contributed by atoms with E-state index in [1.807, 2.05) is 12.3 Å². The van der Waals surface area contributed by atoms with Crippen molar-refractivity contribution >= 4 is 11.3 Å². The standard InChI is InChI=1S/C12H16N4OS/c1-9-12(15-4-3-14-9)10-8-18-11(16-10)7-13-5-6-17-2/h3-4,8,13H,5-7H2,1-2H3. The van der Waals surface area contributed by atoms with Crippen LogP contribution in [-0.2, 0) is 11.3 Å². The van der Waals surface area contributed by atoms with E-state index in [0.29, 0.717) is 6.61 Å². The van der Waals surface area contributed by atoms with Crippen LogP contribution in [0.4, 0.5) is 0 Å². The van der Waals surface area contributed by atoms with Gasteiger partial charge >= 0.3 is 0 Å². The number of thiazole rings is 1. The van der Waals surface area contributed by atoms with E-state index in [2.05, 4.69) is 20.3 Å². The smallest absolute Gasteiger partial charge is 0.111 e. The summed E-state index contributed by atoms with van der Waals surface area (Å²) in [6.45, 7) is 4.24. The van der Waals surface area contributed by atoms with Gasteiger partial charge in [0, 0.05) is 38.0 Å². The lowest BCUT2D eigenvalue weighted by molar-refractivity contribution is 0.199. The van der Waals surface area contributed by atoms with Crippen molar-refractivity contribution in [2.75, 3.05) is 20.3 Å². The summed E-state index contributed by atoms with van der Waals surface area (Å²) < 4.78 is 4.97. The summed E-state index contributed by atoms with van der Waals surface area (Å²) in [6.07, 6.45) is 3.39. The van der Waals surface area contributed by atoms with E-state index in [4.69, 9.17) is 4.74 Å². The number of ether oxygens (including phenoxy) is 1. The normalized spacial score (nSPS) is 10.8. The van der Waals surface area contributed by atoms with Crippen LogP contribution in [0.5, 0.6) is 0 Å². The Morgan fingerprint density at radius 3 is 2.94 bits per heavy atom. The lowest BCUT2D eigenvalue weighted by Gasteiger charge is -2.01. The third-order valence-electron chi connectivity index (χ3n) is 2.43. The fourth-order valence-corrected chi connectivity index (χ4v) is 2.28. The number of hydrogen-bond donors (Lipinski definition) is 1. The molecule has 96 valence electrons. The molecule has 0 aliphatic heterocycles. The highest BCUT2D eigenvalue weighted by Crippen LogP contribution is 2.21. The first-order valence-corrected chi connectivity index (χ1v) is 6.61. The van der Waals surface area contributed by atoms with E-state index in [-0.39, 0.29) is 0 Å². The summed E-state index contributed by atoms with van der Waals surface area (Å²) in [7, 11) is 1.69. The molecule has 0 spiro atoms. The van der Waals surface area contributed by atoms with Crippen LogP contribution < -0.4 is 5.32 Å². The number of hydrogen-bond acceptors (Lipinski definition) is 6. The van der Waals surface area contributed by atoms with Gasteiger partial charge < -0.3 is 10.1 Å². The quantitative estimate of drug-likeness (QED) is 0.804. The van der Waals surface area contributed by atoms with Gasteiger partial charge in [-0.3, -0.25) is 9.97 Å². The maximum atomic E-state index is 4.97. The van der Waals surface area contributed by atoms with E-state index < -0.39 is 0 Å². The summed E-state index contributed by atoms with van der Waals surface area (Å²) in [5, 5.41) is 6.33. The average Bonchev–Trinajstić information content (AvgIpc) is 2.84. The molecule has 18 heavy (non-hydrogen) atoms. The van der Waals surface area contributed by atoms with Gasteiger partial charge in [-0.2, -0.15) is 0 Å². The Morgan fingerprint density at radius 1 is 1.33 bits per heavy atom. The summed E-state index contributed by atoms with van der Waals surface area (Å²) in [5.74, 6) is 0.